The fourth-order valence-corrected chi connectivity index (χ4v) is 5.98. The van der Waals surface area contributed by atoms with Crippen LogP contribution in [0.2, 0.25) is 0 Å². The van der Waals surface area contributed by atoms with Gasteiger partial charge in [-0.25, -0.2) is 8.42 Å². The molecule has 2 aromatic carbocycles. The normalized spacial score (nSPS) is 13.3. The topological polar surface area (TPSA) is 97.3 Å². The van der Waals surface area contributed by atoms with Gasteiger partial charge in [-0.2, -0.15) is 0 Å². The van der Waals surface area contributed by atoms with Gasteiger partial charge in [-0.3, -0.25) is 9.79 Å². The van der Waals surface area contributed by atoms with E-state index in [1.807, 2.05) is 31.2 Å². The lowest BCUT2D eigenvalue weighted by Crippen LogP contribution is -2.33. The Morgan fingerprint density at radius 1 is 1.14 bits per heavy atom. The van der Waals surface area contributed by atoms with Crippen molar-refractivity contribution in [2.24, 2.45) is 4.99 Å². The summed E-state index contributed by atoms with van der Waals surface area (Å²) in [5.74, 6) is 1.38. The van der Waals surface area contributed by atoms with Crippen LogP contribution in [0.3, 0.4) is 0 Å². The molecule has 1 aliphatic rings. The second kappa shape index (κ2) is 12.2. The highest BCUT2D eigenvalue weighted by molar-refractivity contribution is 7.91. The van der Waals surface area contributed by atoms with E-state index in [0.29, 0.717) is 41.3 Å². The third kappa shape index (κ3) is 7.05. The van der Waals surface area contributed by atoms with E-state index in [4.69, 9.17) is 9.47 Å². The number of amides is 1. The van der Waals surface area contributed by atoms with Crippen molar-refractivity contribution < 1.29 is 22.7 Å². The first-order chi connectivity index (χ1) is 16.7. The van der Waals surface area contributed by atoms with Crippen LogP contribution >= 0.6 is 0 Å². The van der Waals surface area contributed by atoms with Crippen LogP contribution in [-0.2, 0) is 25.9 Å². The highest BCUT2D eigenvalue weighted by Crippen LogP contribution is 2.26. The van der Waals surface area contributed by atoms with Crippen LogP contribution in [0.4, 0.5) is 0 Å². The molecule has 35 heavy (non-hydrogen) atoms. The number of sulfone groups is 1. The van der Waals surface area contributed by atoms with Crippen molar-refractivity contribution in [3.63, 3.8) is 0 Å². The Morgan fingerprint density at radius 2 is 1.83 bits per heavy atom. The molecule has 2 aromatic rings. The molecule has 190 valence electrons. The molecule has 1 N–H and O–H groups in total. The Kier molecular flexibility index (Phi) is 9.28. The van der Waals surface area contributed by atoms with Gasteiger partial charge in [0.25, 0.3) is 0 Å². The molecule has 1 amide bonds. The van der Waals surface area contributed by atoms with Crippen molar-refractivity contribution >= 4 is 21.6 Å². The number of ether oxygens (including phenoxy) is 2. The largest absolute Gasteiger partial charge is 0.497 e. The average Bonchev–Trinajstić information content (AvgIpc) is 3.36. The van der Waals surface area contributed by atoms with Gasteiger partial charge in [0.15, 0.2) is 9.84 Å². The fraction of sp³-hybridized carbons (Fsp3) is 0.462. The van der Waals surface area contributed by atoms with Crippen LogP contribution in [0.5, 0.6) is 5.75 Å². The van der Waals surface area contributed by atoms with Crippen LogP contribution in [0.1, 0.15) is 35.6 Å². The zero-order valence-electron chi connectivity index (χ0n) is 21.0. The number of carbonyl (C=O) groups excluding carboxylic acids is 1. The van der Waals surface area contributed by atoms with E-state index in [-0.39, 0.29) is 24.9 Å². The second-order valence-electron chi connectivity index (χ2n) is 8.58. The molecule has 0 atom stereocenters. The fourth-order valence-electron chi connectivity index (χ4n) is 4.18. The predicted molar refractivity (Wildman–Crippen MR) is 137 cm³/mol. The van der Waals surface area contributed by atoms with Crippen LogP contribution in [0.15, 0.2) is 46.3 Å². The number of likely N-dealkylation sites (N-methyl/N-ethyl adjacent to an activating group) is 1. The summed E-state index contributed by atoms with van der Waals surface area (Å²) in [4.78, 5) is 19.1. The van der Waals surface area contributed by atoms with Crippen molar-refractivity contribution in [1.29, 1.82) is 0 Å². The van der Waals surface area contributed by atoms with Gasteiger partial charge in [-0.15, -0.1) is 0 Å². The number of benzene rings is 2. The van der Waals surface area contributed by atoms with Crippen LogP contribution in [0, 0.1) is 13.8 Å². The third-order valence-corrected chi connectivity index (χ3v) is 8.01. The molecule has 9 heteroatoms. The maximum absolute atomic E-state index is 12.9. The van der Waals surface area contributed by atoms with Gasteiger partial charge in [0.1, 0.15) is 18.2 Å². The quantitative estimate of drug-likeness (QED) is 0.449. The summed E-state index contributed by atoms with van der Waals surface area (Å²) in [7, 11) is -1.91. The van der Waals surface area contributed by atoms with Gasteiger partial charge in [0.2, 0.25) is 5.91 Å². The highest BCUT2D eigenvalue weighted by atomic mass is 32.2. The summed E-state index contributed by atoms with van der Waals surface area (Å²) in [5, 5.41) is 3.25. The molecule has 0 radical (unpaired) electrons. The number of hydrogen-bond donors (Lipinski definition) is 1. The molecule has 0 aromatic heterocycles. The Labute approximate surface area is 208 Å². The first-order valence-corrected chi connectivity index (χ1v) is 13.5. The minimum atomic E-state index is -3.46. The highest BCUT2D eigenvalue weighted by Gasteiger charge is 2.21. The van der Waals surface area contributed by atoms with Crippen LogP contribution in [0.25, 0.3) is 0 Å². The number of methoxy groups -OCH3 is 1. The summed E-state index contributed by atoms with van der Waals surface area (Å²) in [6, 6.07) is 11.5. The predicted octanol–water partition coefficient (Wildman–Crippen LogP) is 2.89. The Bertz CT molecular complexity index is 1140. The van der Waals surface area contributed by atoms with Crippen molar-refractivity contribution in [3.8, 4) is 5.75 Å². The van der Waals surface area contributed by atoms with E-state index in [1.54, 1.807) is 38.0 Å². The summed E-state index contributed by atoms with van der Waals surface area (Å²) in [6.45, 7) is 8.29. The number of aryl methyl sites for hydroxylation is 2. The van der Waals surface area contributed by atoms with Gasteiger partial charge in [-0.1, -0.05) is 24.3 Å². The van der Waals surface area contributed by atoms with Crippen molar-refractivity contribution in [2.45, 2.75) is 38.6 Å². The summed E-state index contributed by atoms with van der Waals surface area (Å²) in [6.07, 6.45) is 0.312. The maximum Gasteiger partial charge on any atom is 0.248 e. The number of hydrogen-bond acceptors (Lipinski definition) is 7. The number of amidine groups is 1. The lowest BCUT2D eigenvalue weighted by atomic mass is 10.1. The van der Waals surface area contributed by atoms with Crippen molar-refractivity contribution in [1.82, 2.24) is 10.2 Å². The molecule has 1 heterocycles. The third-order valence-electron chi connectivity index (χ3n) is 5.92. The number of carbonyl (C=O) groups is 1. The Balaban J connectivity index is 1.46. The van der Waals surface area contributed by atoms with E-state index in [2.05, 4.69) is 10.3 Å². The summed E-state index contributed by atoms with van der Waals surface area (Å²) >= 11 is 0. The van der Waals surface area contributed by atoms with Gasteiger partial charge in [-0.05, 0) is 56.0 Å². The minimum Gasteiger partial charge on any atom is -0.497 e. The standard InChI is InChI=1S/C26H35N3O5S/c1-5-29(17-21-7-9-22(10-8-21)26-27-11-12-28-26)24(30)18-34-13-6-14-35(31,32)25-19(2)15-23(33-4)16-20(25)3/h7-10,15-16H,5-6,11-14,17-18H2,1-4H3,(H,27,28). The lowest BCUT2D eigenvalue weighted by Gasteiger charge is -2.21. The lowest BCUT2D eigenvalue weighted by molar-refractivity contribution is -0.136. The van der Waals surface area contributed by atoms with E-state index >= 15 is 0 Å². The molecule has 8 nitrogen and oxygen atoms in total. The molecule has 0 aliphatic carbocycles. The van der Waals surface area contributed by atoms with Gasteiger partial charge in [0.05, 0.1) is 24.3 Å². The first-order valence-electron chi connectivity index (χ1n) is 11.9. The molecule has 0 fully saturated rings. The van der Waals surface area contributed by atoms with Crippen molar-refractivity contribution in [2.75, 3.05) is 45.7 Å². The molecule has 0 bridgehead atoms. The number of aliphatic imine (C=N–C) groups is 1. The average molecular weight is 502 g/mol. The molecule has 0 saturated carbocycles. The van der Waals surface area contributed by atoms with Gasteiger partial charge in [0, 0.05) is 31.8 Å². The van der Waals surface area contributed by atoms with E-state index in [1.165, 1.54) is 0 Å². The van der Waals surface area contributed by atoms with E-state index in [0.717, 1.165) is 30.1 Å². The molecular weight excluding hydrogens is 466 g/mol. The monoisotopic (exact) mass is 501 g/mol. The summed E-state index contributed by atoms with van der Waals surface area (Å²) < 4.78 is 36.5. The van der Waals surface area contributed by atoms with Gasteiger partial charge >= 0.3 is 0 Å². The zero-order chi connectivity index (χ0) is 25.4. The van der Waals surface area contributed by atoms with Crippen molar-refractivity contribution in [3.05, 3.63) is 58.7 Å². The number of nitrogens with zero attached hydrogens (tertiary/aromatic N) is 2. The first kappa shape index (κ1) is 26.7. The maximum atomic E-state index is 12.9. The summed E-state index contributed by atoms with van der Waals surface area (Å²) in [5.41, 5.74) is 3.40. The second-order valence-corrected chi connectivity index (χ2v) is 10.6. The van der Waals surface area contributed by atoms with Crippen LogP contribution in [-0.4, -0.2) is 70.8 Å². The van der Waals surface area contributed by atoms with Gasteiger partial charge < -0.3 is 19.7 Å². The molecule has 0 spiro atoms. The number of nitrogens with one attached hydrogen (secondary N) is 1. The van der Waals surface area contributed by atoms with Crippen LogP contribution < -0.4 is 10.1 Å². The zero-order valence-corrected chi connectivity index (χ0v) is 21.8. The smallest absolute Gasteiger partial charge is 0.248 e. The SMILES string of the molecule is CCN(Cc1ccc(C2=NCCN2)cc1)C(=O)COCCCS(=O)(=O)c1c(C)cc(OC)cc1C. The number of rotatable bonds is 12. The molecule has 1 aliphatic heterocycles. The molecule has 0 unspecified atom stereocenters. The molecule has 3 rings (SSSR count). The Hall–Kier alpha value is -2.91. The minimum absolute atomic E-state index is 0.0425. The van der Waals surface area contributed by atoms with E-state index < -0.39 is 9.84 Å². The molecular formula is C26H35N3O5S. The Morgan fingerprint density at radius 3 is 2.40 bits per heavy atom. The van der Waals surface area contributed by atoms with E-state index in [9.17, 15) is 13.2 Å². The molecule has 0 saturated heterocycles.